The summed E-state index contributed by atoms with van der Waals surface area (Å²) in [5.41, 5.74) is 1.03. The van der Waals surface area contributed by atoms with Crippen LogP contribution in [0.4, 0.5) is 0 Å². The Morgan fingerprint density at radius 3 is 3.06 bits per heavy atom. The normalized spacial score (nSPS) is 28.7. The van der Waals surface area contributed by atoms with Gasteiger partial charge in [-0.05, 0) is 13.5 Å². The fourth-order valence-corrected chi connectivity index (χ4v) is 2.14. The predicted octanol–water partition coefficient (Wildman–Crippen LogP) is -0.417. The van der Waals surface area contributed by atoms with E-state index in [2.05, 4.69) is 51.7 Å². The molecule has 4 N–H and O–H groups in total. The van der Waals surface area contributed by atoms with E-state index in [4.69, 9.17) is 0 Å². The molecule has 0 radical (unpaired) electrons. The summed E-state index contributed by atoms with van der Waals surface area (Å²) in [7, 11) is 2.14. The Bertz CT molecular complexity index is 327. The smallest absolute Gasteiger partial charge is 0.155 e. The Kier molecular flexibility index (Phi) is 4.57. The van der Waals surface area contributed by atoms with Crippen LogP contribution in [0.5, 0.6) is 0 Å². The Morgan fingerprint density at radius 2 is 2.39 bits per heavy atom. The van der Waals surface area contributed by atoms with Gasteiger partial charge in [0.1, 0.15) is 5.84 Å². The van der Waals surface area contributed by atoms with Crippen molar-refractivity contribution in [2.75, 3.05) is 26.8 Å². The molecule has 0 bridgehead atoms. The van der Waals surface area contributed by atoms with Crippen LogP contribution in [0.25, 0.3) is 0 Å². The highest BCUT2D eigenvalue weighted by Gasteiger charge is 2.24. The molecule has 2 heterocycles. The molecule has 0 aromatic carbocycles. The number of nitrogens with one attached hydrogen (secondary N) is 4. The molecule has 1 fully saturated rings. The van der Waals surface area contributed by atoms with Crippen LogP contribution in [0.3, 0.4) is 0 Å². The van der Waals surface area contributed by atoms with E-state index >= 15 is 0 Å². The molecule has 6 heteroatoms. The number of amidine groups is 1. The van der Waals surface area contributed by atoms with Gasteiger partial charge in [-0.1, -0.05) is 13.5 Å². The summed E-state index contributed by atoms with van der Waals surface area (Å²) in [6, 6.07) is 0. The van der Waals surface area contributed by atoms with Crippen molar-refractivity contribution in [3.63, 3.8) is 0 Å². The van der Waals surface area contributed by atoms with Crippen molar-refractivity contribution in [1.82, 2.24) is 26.2 Å². The zero-order valence-corrected chi connectivity index (χ0v) is 11.3. The number of rotatable bonds is 5. The first kappa shape index (κ1) is 13.3. The molecule has 1 unspecified atom stereocenters. The summed E-state index contributed by atoms with van der Waals surface area (Å²) in [5, 5.41) is 13.4. The van der Waals surface area contributed by atoms with Crippen LogP contribution >= 0.6 is 0 Å². The lowest BCUT2D eigenvalue weighted by molar-refractivity contribution is 0.296. The lowest BCUT2D eigenvalue weighted by Crippen LogP contribution is -2.58. The molecule has 2 aliphatic heterocycles. The van der Waals surface area contributed by atoms with E-state index in [-0.39, 0.29) is 6.29 Å². The summed E-state index contributed by atoms with van der Waals surface area (Å²) in [6.07, 6.45) is 2.27. The van der Waals surface area contributed by atoms with Crippen LogP contribution in [0.1, 0.15) is 19.8 Å². The van der Waals surface area contributed by atoms with Gasteiger partial charge in [-0.25, -0.2) is 0 Å². The minimum Gasteiger partial charge on any atom is -0.357 e. The minimum atomic E-state index is 0.0386. The number of allylic oxidation sites excluding steroid dienone is 1. The van der Waals surface area contributed by atoms with Gasteiger partial charge in [0.15, 0.2) is 6.29 Å². The third kappa shape index (κ3) is 3.44. The SMILES string of the molecule is C=C(CC)NC1NCN=C(C[C@H]2NCCN2C)N1. The maximum atomic E-state index is 4.47. The number of likely N-dealkylation sites (N-methyl/N-ethyl adjacent to an activating group) is 1. The highest BCUT2D eigenvalue weighted by atomic mass is 15.4. The molecule has 2 rings (SSSR count). The van der Waals surface area contributed by atoms with Crippen molar-refractivity contribution in [1.29, 1.82) is 0 Å². The van der Waals surface area contributed by atoms with Gasteiger partial charge in [-0.15, -0.1) is 0 Å². The molecule has 2 aliphatic rings. The summed E-state index contributed by atoms with van der Waals surface area (Å²) in [4.78, 5) is 6.79. The fraction of sp³-hybridized carbons (Fsp3) is 0.750. The summed E-state index contributed by atoms with van der Waals surface area (Å²) >= 11 is 0. The van der Waals surface area contributed by atoms with Crippen LogP contribution in [-0.4, -0.2) is 50.0 Å². The molecule has 1 saturated heterocycles. The molecule has 0 aromatic heterocycles. The first-order valence-corrected chi connectivity index (χ1v) is 6.60. The van der Waals surface area contributed by atoms with Gasteiger partial charge in [0.05, 0.1) is 12.8 Å². The lowest BCUT2D eigenvalue weighted by Gasteiger charge is -2.30. The average molecular weight is 252 g/mol. The maximum Gasteiger partial charge on any atom is 0.155 e. The zero-order valence-electron chi connectivity index (χ0n) is 11.3. The van der Waals surface area contributed by atoms with Crippen molar-refractivity contribution < 1.29 is 0 Å². The van der Waals surface area contributed by atoms with Crippen molar-refractivity contribution in [2.45, 2.75) is 32.2 Å². The number of hydrogen-bond acceptors (Lipinski definition) is 6. The van der Waals surface area contributed by atoms with Crippen LogP contribution in [-0.2, 0) is 0 Å². The van der Waals surface area contributed by atoms with Crippen molar-refractivity contribution in [2.24, 2.45) is 4.99 Å². The second-order valence-electron chi connectivity index (χ2n) is 4.80. The molecule has 0 aliphatic carbocycles. The Hall–Kier alpha value is -1.11. The highest BCUT2D eigenvalue weighted by Crippen LogP contribution is 2.06. The van der Waals surface area contributed by atoms with Gasteiger partial charge in [0.2, 0.25) is 0 Å². The monoisotopic (exact) mass is 252 g/mol. The topological polar surface area (TPSA) is 63.7 Å². The van der Waals surface area contributed by atoms with Gasteiger partial charge >= 0.3 is 0 Å². The van der Waals surface area contributed by atoms with E-state index < -0.39 is 0 Å². The van der Waals surface area contributed by atoms with Gasteiger partial charge < -0.3 is 16.0 Å². The van der Waals surface area contributed by atoms with Crippen LogP contribution in [0.2, 0.25) is 0 Å². The zero-order chi connectivity index (χ0) is 13.0. The Morgan fingerprint density at radius 1 is 1.56 bits per heavy atom. The van der Waals surface area contributed by atoms with E-state index in [1.165, 1.54) is 0 Å². The largest absolute Gasteiger partial charge is 0.357 e. The van der Waals surface area contributed by atoms with E-state index in [1.807, 2.05) is 0 Å². The molecular formula is C12H24N6. The molecule has 0 amide bonds. The molecule has 6 nitrogen and oxygen atoms in total. The van der Waals surface area contributed by atoms with Gasteiger partial charge in [-0.3, -0.25) is 15.2 Å². The minimum absolute atomic E-state index is 0.0386. The molecule has 0 saturated carbocycles. The van der Waals surface area contributed by atoms with Crippen LogP contribution < -0.4 is 21.3 Å². The van der Waals surface area contributed by atoms with Crippen LogP contribution in [0.15, 0.2) is 17.3 Å². The number of hydrogen-bond donors (Lipinski definition) is 4. The van der Waals surface area contributed by atoms with Crippen molar-refractivity contribution >= 4 is 5.84 Å². The van der Waals surface area contributed by atoms with Gasteiger partial charge in [-0.2, -0.15) is 0 Å². The Balaban J connectivity index is 1.82. The van der Waals surface area contributed by atoms with E-state index in [9.17, 15) is 0 Å². The first-order valence-electron chi connectivity index (χ1n) is 6.60. The van der Waals surface area contributed by atoms with E-state index in [0.717, 1.165) is 37.5 Å². The molecule has 102 valence electrons. The third-order valence-electron chi connectivity index (χ3n) is 3.41. The third-order valence-corrected chi connectivity index (χ3v) is 3.41. The second-order valence-corrected chi connectivity index (χ2v) is 4.80. The van der Waals surface area contributed by atoms with Gasteiger partial charge in [0.25, 0.3) is 0 Å². The van der Waals surface area contributed by atoms with Crippen molar-refractivity contribution in [3.05, 3.63) is 12.3 Å². The molecule has 18 heavy (non-hydrogen) atoms. The number of nitrogens with zero attached hydrogens (tertiary/aromatic N) is 2. The van der Waals surface area contributed by atoms with E-state index in [0.29, 0.717) is 12.8 Å². The summed E-state index contributed by atoms with van der Waals surface area (Å²) in [5.74, 6) is 1.04. The van der Waals surface area contributed by atoms with Crippen LogP contribution in [0, 0.1) is 0 Å². The quantitative estimate of drug-likeness (QED) is 0.535. The van der Waals surface area contributed by atoms with Gasteiger partial charge in [0, 0.05) is 25.2 Å². The Labute approximate surface area is 109 Å². The fourth-order valence-electron chi connectivity index (χ4n) is 2.14. The second kappa shape index (κ2) is 6.17. The molecular weight excluding hydrogens is 228 g/mol. The standard InChI is InChI=1S/C12H24N6/c1-4-9(2)16-12-15-8-14-10(17-12)7-11-13-5-6-18(11)3/h11-13,15-16H,2,4-8H2,1,3H3,(H,14,17)/t11-,12?/m0/s1. The highest BCUT2D eigenvalue weighted by molar-refractivity contribution is 5.83. The molecule has 0 spiro atoms. The lowest BCUT2D eigenvalue weighted by atomic mass is 10.3. The molecule has 0 aromatic rings. The summed E-state index contributed by atoms with van der Waals surface area (Å²) < 4.78 is 0. The van der Waals surface area contributed by atoms with Crippen molar-refractivity contribution in [3.8, 4) is 0 Å². The average Bonchev–Trinajstić information content (AvgIpc) is 2.75. The predicted molar refractivity (Wildman–Crippen MR) is 74.0 cm³/mol. The first-order chi connectivity index (χ1) is 8.69. The van der Waals surface area contributed by atoms with E-state index in [1.54, 1.807) is 0 Å². The number of aliphatic imine (C=N–C) groups is 1. The summed E-state index contributed by atoms with van der Waals surface area (Å²) in [6.45, 7) is 8.85. The molecule has 2 atom stereocenters. The maximum absolute atomic E-state index is 4.47.